The molecule has 0 aliphatic carbocycles. The number of carbonyl (C=O) groups is 1. The van der Waals surface area contributed by atoms with Crippen molar-refractivity contribution < 1.29 is 9.53 Å². The van der Waals surface area contributed by atoms with Crippen LogP contribution in [0.4, 0.5) is 0 Å². The fraction of sp³-hybridized carbons (Fsp3) is 0.455. The SMILES string of the molecule is Cc1cc(C)n2nc(SC3CCOC3=O)nc2n1. The van der Waals surface area contributed by atoms with Crippen molar-refractivity contribution in [1.29, 1.82) is 0 Å². The Kier molecular flexibility index (Phi) is 2.70. The van der Waals surface area contributed by atoms with Gasteiger partial charge in [0.15, 0.2) is 0 Å². The topological polar surface area (TPSA) is 69.4 Å². The van der Waals surface area contributed by atoms with Crippen LogP contribution in [-0.4, -0.2) is 37.4 Å². The second kappa shape index (κ2) is 4.24. The van der Waals surface area contributed by atoms with E-state index >= 15 is 0 Å². The summed E-state index contributed by atoms with van der Waals surface area (Å²) in [7, 11) is 0. The number of aromatic nitrogens is 4. The molecule has 1 unspecified atom stereocenters. The number of aryl methyl sites for hydroxylation is 2. The molecule has 1 aliphatic heterocycles. The lowest BCUT2D eigenvalue weighted by molar-refractivity contribution is -0.137. The van der Waals surface area contributed by atoms with Crippen molar-refractivity contribution in [3.63, 3.8) is 0 Å². The zero-order valence-electron chi connectivity index (χ0n) is 10.1. The van der Waals surface area contributed by atoms with Gasteiger partial charge in [-0.3, -0.25) is 4.79 Å². The molecule has 0 saturated carbocycles. The molecule has 1 atom stereocenters. The van der Waals surface area contributed by atoms with Crippen molar-refractivity contribution in [2.24, 2.45) is 0 Å². The standard InChI is InChI=1S/C11H12N4O2S/c1-6-5-7(2)15-10(12-6)13-11(14-15)18-8-3-4-17-9(8)16/h5,8H,3-4H2,1-2H3. The molecule has 2 aromatic heterocycles. The van der Waals surface area contributed by atoms with Crippen molar-refractivity contribution in [3.8, 4) is 0 Å². The first-order chi connectivity index (χ1) is 8.63. The molecule has 2 aromatic rings. The Labute approximate surface area is 108 Å². The zero-order valence-corrected chi connectivity index (χ0v) is 10.9. The molecule has 0 N–H and O–H groups in total. The molecule has 1 saturated heterocycles. The van der Waals surface area contributed by atoms with Crippen LogP contribution < -0.4 is 0 Å². The number of carbonyl (C=O) groups excluding carboxylic acids is 1. The lowest BCUT2D eigenvalue weighted by Gasteiger charge is -1.99. The molecule has 18 heavy (non-hydrogen) atoms. The summed E-state index contributed by atoms with van der Waals surface area (Å²) in [4.78, 5) is 20.0. The van der Waals surface area contributed by atoms with Crippen molar-refractivity contribution >= 4 is 23.5 Å². The van der Waals surface area contributed by atoms with Crippen molar-refractivity contribution in [2.45, 2.75) is 30.7 Å². The van der Waals surface area contributed by atoms with E-state index in [4.69, 9.17) is 4.74 Å². The molecule has 6 nitrogen and oxygen atoms in total. The number of esters is 1. The first-order valence-corrected chi connectivity index (χ1v) is 6.56. The molecule has 0 bridgehead atoms. The summed E-state index contributed by atoms with van der Waals surface area (Å²) < 4.78 is 6.61. The predicted molar refractivity (Wildman–Crippen MR) is 65.5 cm³/mol. The number of rotatable bonds is 2. The lowest BCUT2D eigenvalue weighted by Crippen LogP contribution is -2.09. The van der Waals surface area contributed by atoms with Crippen LogP contribution in [0.15, 0.2) is 11.2 Å². The Balaban J connectivity index is 1.93. The van der Waals surface area contributed by atoms with Gasteiger partial charge >= 0.3 is 5.97 Å². The third-order valence-electron chi connectivity index (χ3n) is 2.73. The highest BCUT2D eigenvalue weighted by molar-refractivity contribution is 8.00. The van der Waals surface area contributed by atoms with Gasteiger partial charge in [-0.1, -0.05) is 11.8 Å². The highest BCUT2D eigenvalue weighted by Gasteiger charge is 2.29. The maximum absolute atomic E-state index is 11.4. The van der Waals surface area contributed by atoms with E-state index in [1.165, 1.54) is 11.8 Å². The lowest BCUT2D eigenvalue weighted by atomic mass is 10.4. The minimum Gasteiger partial charge on any atom is -0.465 e. The summed E-state index contributed by atoms with van der Waals surface area (Å²) in [5, 5.41) is 4.73. The first-order valence-electron chi connectivity index (χ1n) is 5.68. The highest BCUT2D eigenvalue weighted by Crippen LogP contribution is 2.27. The number of cyclic esters (lactones) is 1. The van der Waals surface area contributed by atoms with Gasteiger partial charge in [0.2, 0.25) is 5.16 Å². The van der Waals surface area contributed by atoms with Gasteiger partial charge in [-0.25, -0.2) is 9.50 Å². The average Bonchev–Trinajstić information content (AvgIpc) is 2.86. The van der Waals surface area contributed by atoms with Gasteiger partial charge in [-0.05, 0) is 19.9 Å². The van der Waals surface area contributed by atoms with E-state index in [2.05, 4.69) is 15.1 Å². The van der Waals surface area contributed by atoms with E-state index in [1.54, 1.807) is 4.52 Å². The number of hydrogen-bond donors (Lipinski definition) is 0. The van der Waals surface area contributed by atoms with Crippen molar-refractivity contribution in [3.05, 3.63) is 17.5 Å². The van der Waals surface area contributed by atoms with Gasteiger partial charge in [0.25, 0.3) is 5.78 Å². The maximum Gasteiger partial charge on any atom is 0.319 e. The number of fused-ring (bicyclic) bond motifs is 1. The Morgan fingerprint density at radius 3 is 3.00 bits per heavy atom. The number of thioether (sulfide) groups is 1. The minimum atomic E-state index is -0.191. The van der Waals surface area contributed by atoms with Crippen LogP contribution in [0.3, 0.4) is 0 Å². The van der Waals surface area contributed by atoms with E-state index in [0.29, 0.717) is 24.0 Å². The summed E-state index contributed by atoms with van der Waals surface area (Å²) in [6.07, 6.45) is 0.713. The molecule has 0 amide bonds. The third-order valence-corrected chi connectivity index (χ3v) is 3.83. The number of ether oxygens (including phenoxy) is 1. The molecule has 0 spiro atoms. The summed E-state index contributed by atoms with van der Waals surface area (Å²) in [6, 6.07) is 1.94. The number of nitrogens with zero attached hydrogens (tertiary/aromatic N) is 4. The molecular formula is C11H12N4O2S. The fourth-order valence-electron chi connectivity index (χ4n) is 1.91. The molecule has 1 fully saturated rings. The first kappa shape index (κ1) is 11.5. The molecular weight excluding hydrogens is 252 g/mol. The fourth-order valence-corrected chi connectivity index (χ4v) is 2.81. The van der Waals surface area contributed by atoms with E-state index in [0.717, 1.165) is 11.4 Å². The maximum atomic E-state index is 11.4. The molecule has 0 aromatic carbocycles. The Morgan fingerprint density at radius 2 is 2.28 bits per heavy atom. The van der Waals surface area contributed by atoms with E-state index < -0.39 is 0 Å². The summed E-state index contributed by atoms with van der Waals surface area (Å²) in [5.41, 5.74) is 1.88. The normalized spacial score (nSPS) is 19.4. The highest BCUT2D eigenvalue weighted by atomic mass is 32.2. The zero-order chi connectivity index (χ0) is 12.7. The van der Waals surface area contributed by atoms with Crippen LogP contribution >= 0.6 is 11.8 Å². The second-order valence-electron chi connectivity index (χ2n) is 4.21. The van der Waals surface area contributed by atoms with Crippen LogP contribution in [-0.2, 0) is 9.53 Å². The molecule has 1 aliphatic rings. The van der Waals surface area contributed by atoms with Gasteiger partial charge in [-0.2, -0.15) is 4.98 Å². The van der Waals surface area contributed by atoms with Gasteiger partial charge in [0, 0.05) is 17.8 Å². The summed E-state index contributed by atoms with van der Waals surface area (Å²) >= 11 is 1.34. The molecule has 0 radical (unpaired) electrons. The smallest absolute Gasteiger partial charge is 0.319 e. The minimum absolute atomic E-state index is 0.181. The van der Waals surface area contributed by atoms with Crippen LogP contribution in [0.1, 0.15) is 17.8 Å². The van der Waals surface area contributed by atoms with Gasteiger partial charge in [-0.15, -0.1) is 5.10 Å². The number of hydrogen-bond acceptors (Lipinski definition) is 6. The molecule has 3 heterocycles. The van der Waals surface area contributed by atoms with Crippen molar-refractivity contribution in [2.75, 3.05) is 6.61 Å². The van der Waals surface area contributed by atoms with Gasteiger partial charge in [0.05, 0.1) is 6.61 Å². The van der Waals surface area contributed by atoms with Gasteiger partial charge < -0.3 is 4.74 Å². The Bertz CT molecular complexity index is 625. The third kappa shape index (κ3) is 1.94. The Hall–Kier alpha value is -1.63. The second-order valence-corrected chi connectivity index (χ2v) is 5.38. The molecule has 7 heteroatoms. The largest absolute Gasteiger partial charge is 0.465 e. The summed E-state index contributed by atoms with van der Waals surface area (Å²) in [6.45, 7) is 4.36. The molecule has 94 valence electrons. The average molecular weight is 264 g/mol. The van der Waals surface area contributed by atoms with Crippen LogP contribution in [0.5, 0.6) is 0 Å². The summed E-state index contributed by atoms with van der Waals surface area (Å²) in [5.74, 6) is 0.390. The van der Waals surface area contributed by atoms with E-state index in [9.17, 15) is 4.79 Å². The van der Waals surface area contributed by atoms with Crippen molar-refractivity contribution in [1.82, 2.24) is 19.6 Å². The van der Waals surface area contributed by atoms with E-state index in [1.807, 2.05) is 19.9 Å². The quantitative estimate of drug-likeness (QED) is 0.758. The van der Waals surface area contributed by atoms with Crippen LogP contribution in [0, 0.1) is 13.8 Å². The van der Waals surface area contributed by atoms with Crippen LogP contribution in [0.2, 0.25) is 0 Å². The Morgan fingerprint density at radius 1 is 1.44 bits per heavy atom. The monoisotopic (exact) mass is 264 g/mol. The predicted octanol–water partition coefficient (Wildman–Crippen LogP) is 1.15. The van der Waals surface area contributed by atoms with E-state index in [-0.39, 0.29) is 11.2 Å². The van der Waals surface area contributed by atoms with Gasteiger partial charge in [0.1, 0.15) is 5.25 Å². The molecule has 3 rings (SSSR count). The van der Waals surface area contributed by atoms with Crippen LogP contribution in [0.25, 0.3) is 5.78 Å².